The second-order valence-electron chi connectivity index (χ2n) is 6.88. The Labute approximate surface area is 176 Å². The number of nitrogens with zero attached hydrogens (tertiary/aromatic N) is 5. The number of aromatic nitrogens is 4. The largest absolute Gasteiger partial charge is 0.356 e. The van der Waals surface area contributed by atoms with Gasteiger partial charge in [0.2, 0.25) is 0 Å². The Morgan fingerprint density at radius 1 is 1.21 bits per heavy atom. The van der Waals surface area contributed by atoms with Crippen LogP contribution in [-0.2, 0) is 19.4 Å². The van der Waals surface area contributed by atoms with E-state index in [9.17, 15) is 0 Å². The molecule has 0 unspecified atom stereocenters. The Hall–Kier alpha value is -1.80. The van der Waals surface area contributed by atoms with E-state index in [1.807, 2.05) is 18.4 Å². The summed E-state index contributed by atoms with van der Waals surface area (Å²) in [5, 5.41) is 16.9. The molecule has 0 radical (unpaired) electrons. The van der Waals surface area contributed by atoms with Crippen LogP contribution in [0, 0.1) is 5.92 Å². The predicted molar refractivity (Wildman–Crippen MR) is 117 cm³/mol. The molecule has 0 aliphatic carbocycles. The topological polar surface area (TPSA) is 80.0 Å². The molecule has 9 heteroatoms. The van der Waals surface area contributed by atoms with Gasteiger partial charge < -0.3 is 15.2 Å². The summed E-state index contributed by atoms with van der Waals surface area (Å²) in [6.07, 6.45) is 6.56. The van der Waals surface area contributed by atoms with Crippen molar-refractivity contribution in [3.8, 4) is 0 Å². The van der Waals surface area contributed by atoms with Crippen molar-refractivity contribution < 1.29 is 0 Å². The lowest BCUT2D eigenvalue weighted by atomic mass is 10.2. The normalized spacial score (nSPS) is 11.9. The Morgan fingerprint density at radius 3 is 2.64 bits per heavy atom. The molecule has 0 aliphatic rings. The Kier molecular flexibility index (Phi) is 9.57. The van der Waals surface area contributed by atoms with Gasteiger partial charge in [-0.05, 0) is 36.6 Å². The summed E-state index contributed by atoms with van der Waals surface area (Å²) >= 11 is 7.46. The minimum atomic E-state index is 0.517. The number of pyridine rings is 1. The van der Waals surface area contributed by atoms with E-state index in [1.165, 1.54) is 0 Å². The summed E-state index contributed by atoms with van der Waals surface area (Å²) in [7, 11) is 1.78. The van der Waals surface area contributed by atoms with Gasteiger partial charge in [-0.2, -0.15) is 0 Å². The highest BCUT2D eigenvalue weighted by Gasteiger charge is 2.12. The summed E-state index contributed by atoms with van der Waals surface area (Å²) in [5.41, 5.74) is 1.14. The summed E-state index contributed by atoms with van der Waals surface area (Å²) in [4.78, 5) is 8.37. The quantitative estimate of drug-likeness (QED) is 0.201. The number of nitrogens with one attached hydrogen (secondary N) is 2. The zero-order valence-corrected chi connectivity index (χ0v) is 18.6. The molecule has 2 aromatic rings. The minimum Gasteiger partial charge on any atom is -0.356 e. The molecule has 2 rings (SSSR count). The molecular formula is C19H30ClN7S. The molecule has 0 saturated carbocycles. The molecule has 0 bridgehead atoms. The van der Waals surface area contributed by atoms with Crippen molar-refractivity contribution in [2.24, 2.45) is 10.9 Å². The lowest BCUT2D eigenvalue weighted by molar-refractivity contribution is 0.477. The molecule has 0 spiro atoms. The molecule has 154 valence electrons. The highest BCUT2D eigenvalue weighted by molar-refractivity contribution is 7.98. The van der Waals surface area contributed by atoms with Crippen LogP contribution in [0.5, 0.6) is 0 Å². The van der Waals surface area contributed by atoms with E-state index in [0.29, 0.717) is 11.1 Å². The van der Waals surface area contributed by atoms with Crippen molar-refractivity contribution in [2.45, 2.75) is 44.8 Å². The van der Waals surface area contributed by atoms with E-state index in [2.05, 4.69) is 49.2 Å². The van der Waals surface area contributed by atoms with Gasteiger partial charge >= 0.3 is 0 Å². The SMILES string of the molecule is CN=C(NCCCc1nnc(SC)n1CC(C)C)NCCc1ccc(Cl)nc1. The fraction of sp³-hybridized carbons (Fsp3) is 0.579. The molecular weight excluding hydrogens is 394 g/mol. The smallest absolute Gasteiger partial charge is 0.190 e. The monoisotopic (exact) mass is 423 g/mol. The lowest BCUT2D eigenvalue weighted by Crippen LogP contribution is -2.38. The molecule has 28 heavy (non-hydrogen) atoms. The summed E-state index contributed by atoms with van der Waals surface area (Å²) in [6, 6.07) is 3.80. The minimum absolute atomic E-state index is 0.517. The van der Waals surface area contributed by atoms with Crippen molar-refractivity contribution in [2.75, 3.05) is 26.4 Å². The number of thioether (sulfide) groups is 1. The third-order valence-electron chi connectivity index (χ3n) is 4.11. The van der Waals surface area contributed by atoms with Crippen LogP contribution < -0.4 is 10.6 Å². The van der Waals surface area contributed by atoms with Crippen molar-refractivity contribution in [1.82, 2.24) is 30.4 Å². The van der Waals surface area contributed by atoms with Gasteiger partial charge in [0.05, 0.1) is 0 Å². The third-order valence-corrected chi connectivity index (χ3v) is 5.00. The maximum atomic E-state index is 5.81. The van der Waals surface area contributed by atoms with Crippen LogP contribution in [0.1, 0.15) is 31.7 Å². The van der Waals surface area contributed by atoms with Crippen LogP contribution in [0.4, 0.5) is 0 Å². The number of aliphatic imine (C=N–C) groups is 1. The van der Waals surface area contributed by atoms with E-state index in [4.69, 9.17) is 11.6 Å². The second kappa shape index (κ2) is 11.9. The first-order valence-electron chi connectivity index (χ1n) is 9.54. The van der Waals surface area contributed by atoms with E-state index >= 15 is 0 Å². The number of halogens is 1. The third kappa shape index (κ3) is 7.31. The number of hydrogen-bond donors (Lipinski definition) is 2. The van der Waals surface area contributed by atoms with Gasteiger partial charge in [-0.3, -0.25) is 4.99 Å². The number of hydrogen-bond acceptors (Lipinski definition) is 5. The van der Waals surface area contributed by atoms with E-state index in [1.54, 1.807) is 25.0 Å². The zero-order chi connectivity index (χ0) is 20.4. The molecule has 0 atom stereocenters. The number of rotatable bonds is 10. The van der Waals surface area contributed by atoms with Gasteiger partial charge in [0.15, 0.2) is 11.1 Å². The standard InChI is InChI=1S/C19H30ClN7S/c1-14(2)13-27-17(25-26-19(27)28-4)6-5-10-22-18(21-3)23-11-9-15-7-8-16(20)24-12-15/h7-8,12,14H,5-6,9-11,13H2,1-4H3,(H2,21,22,23). The van der Waals surface area contributed by atoms with Crippen LogP contribution in [0.3, 0.4) is 0 Å². The molecule has 2 aromatic heterocycles. The first kappa shape index (κ1) is 22.5. The van der Waals surface area contributed by atoms with Crippen LogP contribution in [0.25, 0.3) is 0 Å². The van der Waals surface area contributed by atoms with Crippen LogP contribution in [-0.4, -0.2) is 52.1 Å². The first-order valence-corrected chi connectivity index (χ1v) is 11.1. The van der Waals surface area contributed by atoms with Crippen LogP contribution in [0.2, 0.25) is 5.15 Å². The number of guanidine groups is 1. The molecule has 2 heterocycles. The highest BCUT2D eigenvalue weighted by Crippen LogP contribution is 2.16. The van der Waals surface area contributed by atoms with Gasteiger partial charge in [0.25, 0.3) is 0 Å². The molecule has 0 amide bonds. The summed E-state index contributed by atoms with van der Waals surface area (Å²) in [5.74, 6) is 2.42. The highest BCUT2D eigenvalue weighted by atomic mass is 35.5. The first-order chi connectivity index (χ1) is 13.5. The molecule has 0 aromatic carbocycles. The molecule has 0 saturated heterocycles. The van der Waals surface area contributed by atoms with Gasteiger partial charge in [0, 0.05) is 39.3 Å². The fourth-order valence-corrected chi connectivity index (χ4v) is 3.39. The van der Waals surface area contributed by atoms with E-state index < -0.39 is 0 Å². The van der Waals surface area contributed by atoms with Crippen LogP contribution in [0.15, 0.2) is 28.5 Å². The van der Waals surface area contributed by atoms with Gasteiger partial charge in [-0.25, -0.2) is 4.98 Å². The second-order valence-corrected chi connectivity index (χ2v) is 8.04. The zero-order valence-electron chi connectivity index (χ0n) is 17.1. The maximum Gasteiger partial charge on any atom is 0.190 e. The van der Waals surface area contributed by atoms with Crippen molar-refractivity contribution in [3.63, 3.8) is 0 Å². The van der Waals surface area contributed by atoms with E-state index in [0.717, 1.165) is 61.4 Å². The summed E-state index contributed by atoms with van der Waals surface area (Å²) < 4.78 is 2.24. The molecule has 0 aliphatic heterocycles. The lowest BCUT2D eigenvalue weighted by Gasteiger charge is -2.13. The number of aryl methyl sites for hydroxylation is 1. The maximum absolute atomic E-state index is 5.81. The van der Waals surface area contributed by atoms with Gasteiger partial charge in [-0.1, -0.05) is 43.3 Å². The van der Waals surface area contributed by atoms with Gasteiger partial charge in [0.1, 0.15) is 11.0 Å². The average molecular weight is 424 g/mol. The van der Waals surface area contributed by atoms with Crippen LogP contribution >= 0.6 is 23.4 Å². The van der Waals surface area contributed by atoms with E-state index in [-0.39, 0.29) is 0 Å². The molecule has 7 nitrogen and oxygen atoms in total. The Morgan fingerprint density at radius 2 is 2.00 bits per heavy atom. The molecule has 2 N–H and O–H groups in total. The predicted octanol–water partition coefficient (Wildman–Crippen LogP) is 3.04. The van der Waals surface area contributed by atoms with Crippen molar-refractivity contribution in [1.29, 1.82) is 0 Å². The van der Waals surface area contributed by atoms with Gasteiger partial charge in [-0.15, -0.1) is 10.2 Å². The Balaban J connectivity index is 1.73. The molecule has 0 fully saturated rings. The average Bonchev–Trinajstić information content (AvgIpc) is 3.06. The van der Waals surface area contributed by atoms with Crippen molar-refractivity contribution >= 4 is 29.3 Å². The Bertz CT molecular complexity index is 743. The summed E-state index contributed by atoms with van der Waals surface area (Å²) in [6.45, 7) is 6.99. The fourth-order valence-electron chi connectivity index (χ4n) is 2.76. The van der Waals surface area contributed by atoms with Crippen molar-refractivity contribution in [3.05, 3.63) is 34.9 Å².